The lowest BCUT2D eigenvalue weighted by molar-refractivity contribution is -0.128. The van der Waals surface area contributed by atoms with Crippen molar-refractivity contribution in [2.75, 3.05) is 6.54 Å². The minimum atomic E-state index is 0.215. The van der Waals surface area contributed by atoms with Gasteiger partial charge in [0, 0.05) is 13.5 Å². The number of nitrogens with zero attached hydrogens (tertiary/aromatic N) is 1. The molecule has 1 fully saturated rings. The molecule has 1 aliphatic rings. The number of halogens is 1. The molecule has 0 radical (unpaired) electrons. The molecule has 0 unspecified atom stereocenters. The fourth-order valence-corrected chi connectivity index (χ4v) is 2.19. The summed E-state index contributed by atoms with van der Waals surface area (Å²) in [5.41, 5.74) is 0. The average Bonchev–Trinajstić information content (AvgIpc) is 2.13. The van der Waals surface area contributed by atoms with E-state index in [0.717, 1.165) is 6.54 Å². The van der Waals surface area contributed by atoms with Gasteiger partial charge in [0.05, 0.1) is 4.05 Å². The van der Waals surface area contributed by atoms with Gasteiger partial charge in [0.1, 0.15) is 0 Å². The average molecular weight is 239 g/mol. The van der Waals surface area contributed by atoms with Gasteiger partial charge in [0.25, 0.3) is 0 Å². The van der Waals surface area contributed by atoms with E-state index in [-0.39, 0.29) is 5.91 Å². The largest absolute Gasteiger partial charge is 0.331 e. The van der Waals surface area contributed by atoms with Gasteiger partial charge in [-0.15, -0.1) is 0 Å². The Hall–Kier alpha value is 0.200. The van der Waals surface area contributed by atoms with E-state index in [4.69, 9.17) is 0 Å². The molecule has 1 aliphatic heterocycles. The number of rotatable bonds is 0. The van der Waals surface area contributed by atoms with Crippen LogP contribution in [-0.2, 0) is 4.79 Å². The third-order valence-electron chi connectivity index (χ3n) is 1.58. The van der Waals surface area contributed by atoms with Crippen LogP contribution < -0.4 is 0 Å². The van der Waals surface area contributed by atoms with Gasteiger partial charge >= 0.3 is 0 Å². The first kappa shape index (κ1) is 7.31. The minimum Gasteiger partial charge on any atom is -0.331 e. The molecule has 9 heavy (non-hydrogen) atoms. The first-order valence-electron chi connectivity index (χ1n) is 3.13. The van der Waals surface area contributed by atoms with Crippen LogP contribution in [0.3, 0.4) is 0 Å². The van der Waals surface area contributed by atoms with Crippen LogP contribution in [0.1, 0.15) is 19.8 Å². The van der Waals surface area contributed by atoms with Gasteiger partial charge in [-0.05, 0) is 12.8 Å². The first-order valence-corrected chi connectivity index (χ1v) is 4.37. The van der Waals surface area contributed by atoms with Gasteiger partial charge in [-0.1, -0.05) is 22.6 Å². The van der Waals surface area contributed by atoms with Crippen molar-refractivity contribution in [3.8, 4) is 0 Å². The molecular formula is C6H10INO. The summed E-state index contributed by atoms with van der Waals surface area (Å²) in [4.78, 5) is 12.7. The molecule has 1 atom stereocenters. The van der Waals surface area contributed by atoms with Gasteiger partial charge in [-0.2, -0.15) is 0 Å². The Labute approximate surface area is 68.7 Å². The molecule has 1 rings (SSSR count). The summed E-state index contributed by atoms with van der Waals surface area (Å²) in [6, 6.07) is 0. The van der Waals surface area contributed by atoms with Crippen molar-refractivity contribution in [3.05, 3.63) is 0 Å². The van der Waals surface area contributed by atoms with E-state index in [0.29, 0.717) is 4.05 Å². The zero-order chi connectivity index (χ0) is 6.85. The molecule has 1 amide bonds. The van der Waals surface area contributed by atoms with E-state index in [1.807, 2.05) is 4.90 Å². The molecule has 3 heteroatoms. The van der Waals surface area contributed by atoms with Crippen LogP contribution in [0.15, 0.2) is 0 Å². The quantitative estimate of drug-likeness (QED) is 0.355. The maximum Gasteiger partial charge on any atom is 0.220 e. The van der Waals surface area contributed by atoms with Gasteiger partial charge in [-0.3, -0.25) is 4.79 Å². The Morgan fingerprint density at radius 1 is 1.78 bits per heavy atom. The van der Waals surface area contributed by atoms with Crippen molar-refractivity contribution in [3.63, 3.8) is 0 Å². The number of alkyl halides is 1. The highest BCUT2D eigenvalue weighted by Gasteiger charge is 2.22. The normalized spacial score (nSPS) is 26.9. The number of carbonyl (C=O) groups excluding carboxylic acids is 1. The zero-order valence-corrected chi connectivity index (χ0v) is 7.59. The molecule has 0 aromatic heterocycles. The molecule has 1 saturated heterocycles. The van der Waals surface area contributed by atoms with E-state index in [1.54, 1.807) is 6.92 Å². The highest BCUT2D eigenvalue weighted by molar-refractivity contribution is 14.1. The number of hydrogen-bond donors (Lipinski definition) is 0. The van der Waals surface area contributed by atoms with Crippen molar-refractivity contribution in [1.82, 2.24) is 4.90 Å². The third-order valence-corrected chi connectivity index (χ3v) is 2.88. The molecule has 0 bridgehead atoms. The zero-order valence-electron chi connectivity index (χ0n) is 5.43. The van der Waals surface area contributed by atoms with Crippen LogP contribution in [0, 0.1) is 0 Å². The fraction of sp³-hybridized carbons (Fsp3) is 0.833. The standard InChI is InChI=1S/C6H10INO/c1-5(9)8-4-2-3-6(8)7/h6H,2-4H2,1H3/t6-/m0/s1. The second kappa shape index (κ2) is 2.86. The number of amides is 1. The number of hydrogen-bond acceptors (Lipinski definition) is 1. The van der Waals surface area contributed by atoms with Crippen molar-refractivity contribution < 1.29 is 4.79 Å². The summed E-state index contributed by atoms with van der Waals surface area (Å²) in [7, 11) is 0. The Bertz CT molecular complexity index is 126. The highest BCUT2D eigenvalue weighted by Crippen LogP contribution is 2.21. The molecule has 0 N–H and O–H groups in total. The number of carbonyl (C=O) groups is 1. The Morgan fingerprint density at radius 3 is 2.67 bits per heavy atom. The lowest BCUT2D eigenvalue weighted by atomic mass is 10.4. The van der Waals surface area contributed by atoms with Crippen LogP contribution >= 0.6 is 22.6 Å². The Kier molecular flexibility index (Phi) is 2.32. The molecule has 1 heterocycles. The number of likely N-dealkylation sites (tertiary alicyclic amines) is 1. The lowest BCUT2D eigenvalue weighted by Crippen LogP contribution is -2.29. The van der Waals surface area contributed by atoms with Crippen molar-refractivity contribution >= 4 is 28.5 Å². The maximum atomic E-state index is 10.8. The lowest BCUT2D eigenvalue weighted by Gasteiger charge is -2.16. The van der Waals surface area contributed by atoms with Crippen LogP contribution in [0.2, 0.25) is 0 Å². The van der Waals surface area contributed by atoms with E-state index in [2.05, 4.69) is 22.6 Å². The van der Waals surface area contributed by atoms with Crippen LogP contribution in [0.25, 0.3) is 0 Å². The van der Waals surface area contributed by atoms with Gasteiger partial charge in [0.2, 0.25) is 5.91 Å². The smallest absolute Gasteiger partial charge is 0.220 e. The summed E-state index contributed by atoms with van der Waals surface area (Å²) >= 11 is 2.31. The second-order valence-electron chi connectivity index (χ2n) is 2.29. The van der Waals surface area contributed by atoms with Gasteiger partial charge in [0.15, 0.2) is 0 Å². The summed E-state index contributed by atoms with van der Waals surface area (Å²) in [6.45, 7) is 2.60. The molecule has 0 spiro atoms. The maximum absolute atomic E-state index is 10.8. The highest BCUT2D eigenvalue weighted by atomic mass is 127. The van der Waals surface area contributed by atoms with E-state index >= 15 is 0 Å². The van der Waals surface area contributed by atoms with E-state index in [1.165, 1.54) is 12.8 Å². The molecule has 0 aromatic carbocycles. The van der Waals surface area contributed by atoms with Crippen molar-refractivity contribution in [2.45, 2.75) is 23.8 Å². The summed E-state index contributed by atoms with van der Waals surface area (Å²) in [6.07, 6.45) is 2.34. The summed E-state index contributed by atoms with van der Waals surface area (Å²) in [5, 5.41) is 0. The molecule has 52 valence electrons. The minimum absolute atomic E-state index is 0.215. The summed E-state index contributed by atoms with van der Waals surface area (Å²) < 4.78 is 0.458. The molecule has 0 aromatic rings. The Morgan fingerprint density at radius 2 is 2.44 bits per heavy atom. The molecule has 0 aliphatic carbocycles. The van der Waals surface area contributed by atoms with E-state index in [9.17, 15) is 4.79 Å². The third kappa shape index (κ3) is 1.56. The van der Waals surface area contributed by atoms with E-state index < -0.39 is 0 Å². The summed E-state index contributed by atoms with van der Waals surface area (Å²) in [5.74, 6) is 0.215. The molecule has 0 saturated carbocycles. The van der Waals surface area contributed by atoms with Crippen molar-refractivity contribution in [2.24, 2.45) is 0 Å². The van der Waals surface area contributed by atoms with Crippen LogP contribution in [-0.4, -0.2) is 21.4 Å². The molecule has 2 nitrogen and oxygen atoms in total. The van der Waals surface area contributed by atoms with Crippen LogP contribution in [0.5, 0.6) is 0 Å². The molecular weight excluding hydrogens is 229 g/mol. The van der Waals surface area contributed by atoms with Crippen molar-refractivity contribution in [1.29, 1.82) is 0 Å². The van der Waals surface area contributed by atoms with Gasteiger partial charge in [-0.25, -0.2) is 0 Å². The second-order valence-corrected chi connectivity index (χ2v) is 3.73. The predicted octanol–water partition coefficient (Wildman–Crippen LogP) is 1.39. The fourth-order valence-electron chi connectivity index (χ4n) is 1.08. The predicted molar refractivity (Wildman–Crippen MR) is 44.4 cm³/mol. The SMILES string of the molecule is CC(=O)N1CCC[C@H]1I. The Balaban J connectivity index is 2.49. The van der Waals surface area contributed by atoms with Crippen LogP contribution in [0.4, 0.5) is 0 Å². The topological polar surface area (TPSA) is 20.3 Å². The first-order chi connectivity index (χ1) is 4.22. The monoisotopic (exact) mass is 239 g/mol. The van der Waals surface area contributed by atoms with Gasteiger partial charge < -0.3 is 4.90 Å².